The lowest BCUT2D eigenvalue weighted by Crippen LogP contribution is -2.51. The molecule has 0 saturated carbocycles. The van der Waals surface area contributed by atoms with Gasteiger partial charge < -0.3 is 15.5 Å². The molecule has 0 aromatic carbocycles. The van der Waals surface area contributed by atoms with Crippen LogP contribution in [0.3, 0.4) is 0 Å². The average molecular weight is 377 g/mol. The van der Waals surface area contributed by atoms with E-state index in [2.05, 4.69) is 16.7 Å². The summed E-state index contributed by atoms with van der Waals surface area (Å²) in [6, 6.07) is 0.928. The van der Waals surface area contributed by atoms with Gasteiger partial charge in [0.1, 0.15) is 12.1 Å². The zero-order valence-corrected chi connectivity index (χ0v) is 16.7. The Morgan fingerprint density at radius 2 is 1.85 bits per heavy atom. The third-order valence-corrected chi connectivity index (χ3v) is 5.58. The molecular formula is C20H32N4O3. The highest BCUT2D eigenvalue weighted by Crippen LogP contribution is 2.24. The van der Waals surface area contributed by atoms with Gasteiger partial charge in [-0.15, -0.1) is 0 Å². The average Bonchev–Trinajstić information content (AvgIpc) is 2.96. The molecule has 0 aromatic rings. The van der Waals surface area contributed by atoms with Crippen LogP contribution in [0.15, 0.2) is 0 Å². The van der Waals surface area contributed by atoms with Gasteiger partial charge in [0.2, 0.25) is 17.7 Å². The Kier molecular flexibility index (Phi) is 7.64. The Labute approximate surface area is 161 Å². The molecule has 0 spiro atoms. The predicted octanol–water partition coefficient (Wildman–Crippen LogP) is 1.73. The molecule has 2 bridgehead atoms. The number of nitrogens with one attached hydrogen (secondary N) is 2. The minimum Gasteiger partial charge on any atom is -0.353 e. The van der Waals surface area contributed by atoms with Gasteiger partial charge in [-0.1, -0.05) is 26.7 Å². The molecule has 4 atom stereocenters. The van der Waals surface area contributed by atoms with Crippen molar-refractivity contribution >= 4 is 17.7 Å². The van der Waals surface area contributed by atoms with E-state index in [1.165, 1.54) is 4.90 Å². The lowest BCUT2D eigenvalue weighted by molar-refractivity contribution is -0.139. The molecule has 2 N–H and O–H groups in total. The fourth-order valence-electron chi connectivity index (χ4n) is 4.00. The molecule has 3 amide bonds. The van der Waals surface area contributed by atoms with E-state index in [1.807, 2.05) is 13.8 Å². The summed E-state index contributed by atoms with van der Waals surface area (Å²) in [4.78, 5) is 39.1. The van der Waals surface area contributed by atoms with Gasteiger partial charge in [-0.25, -0.2) is 0 Å². The number of hydrogen-bond donors (Lipinski definition) is 2. The fraction of sp³-hybridized carbons (Fsp3) is 0.800. The van der Waals surface area contributed by atoms with Crippen molar-refractivity contribution in [3.63, 3.8) is 0 Å². The summed E-state index contributed by atoms with van der Waals surface area (Å²) in [5.41, 5.74) is 0. The number of nitrogens with zero attached hydrogens (tertiary/aromatic N) is 2. The predicted molar refractivity (Wildman–Crippen MR) is 101 cm³/mol. The summed E-state index contributed by atoms with van der Waals surface area (Å²) >= 11 is 0. The summed E-state index contributed by atoms with van der Waals surface area (Å²) < 4.78 is 0. The van der Waals surface area contributed by atoms with Crippen LogP contribution in [-0.4, -0.2) is 47.8 Å². The Balaban J connectivity index is 2.18. The third kappa shape index (κ3) is 5.95. The number of carbonyl (C=O) groups excluding carboxylic acids is 3. The summed E-state index contributed by atoms with van der Waals surface area (Å²) in [5, 5.41) is 15.3. The van der Waals surface area contributed by atoms with Crippen LogP contribution in [0.4, 0.5) is 0 Å². The Hall–Kier alpha value is -2.10. The Morgan fingerprint density at radius 3 is 2.52 bits per heavy atom. The van der Waals surface area contributed by atoms with Crippen LogP contribution in [0.25, 0.3) is 0 Å². The number of rotatable bonds is 2. The lowest BCUT2D eigenvalue weighted by atomic mass is 9.94. The second kappa shape index (κ2) is 9.72. The second-order valence-corrected chi connectivity index (χ2v) is 8.31. The maximum Gasteiger partial charge on any atom is 0.243 e. The van der Waals surface area contributed by atoms with Gasteiger partial charge in [0.15, 0.2) is 0 Å². The number of amides is 3. The molecule has 150 valence electrons. The number of fused-ring (bicyclic) bond motifs is 2. The monoisotopic (exact) mass is 376 g/mol. The first-order chi connectivity index (χ1) is 12.8. The highest BCUT2D eigenvalue weighted by Gasteiger charge is 2.35. The van der Waals surface area contributed by atoms with Gasteiger partial charge in [0.05, 0.1) is 6.07 Å². The molecule has 0 unspecified atom stereocenters. The van der Waals surface area contributed by atoms with Gasteiger partial charge in [0, 0.05) is 25.4 Å². The summed E-state index contributed by atoms with van der Waals surface area (Å²) in [7, 11) is 1.67. The number of nitriles is 1. The van der Waals surface area contributed by atoms with Crippen molar-refractivity contribution in [1.82, 2.24) is 15.5 Å². The molecule has 27 heavy (non-hydrogen) atoms. The van der Waals surface area contributed by atoms with Gasteiger partial charge in [-0.05, 0) is 38.0 Å². The van der Waals surface area contributed by atoms with Crippen LogP contribution in [0.2, 0.25) is 0 Å². The number of likely N-dealkylation sites (N-methyl/N-ethyl adjacent to an activating group) is 1. The van der Waals surface area contributed by atoms with E-state index < -0.39 is 12.1 Å². The summed E-state index contributed by atoms with van der Waals surface area (Å²) in [6.45, 7) is 4.01. The smallest absolute Gasteiger partial charge is 0.243 e. The summed E-state index contributed by atoms with van der Waals surface area (Å²) in [5.74, 6) is -0.370. The van der Waals surface area contributed by atoms with Crippen LogP contribution < -0.4 is 10.6 Å². The molecule has 7 nitrogen and oxygen atoms in total. The van der Waals surface area contributed by atoms with E-state index >= 15 is 0 Å². The molecule has 2 aliphatic rings. The SMILES string of the molecule is CC(C)C[C@H]1C(=O)N[C@H](C#N)C[C@@H]2C[C@@H](CCCCCC(=O)N1C)NC2=O. The third-order valence-electron chi connectivity index (χ3n) is 5.58. The van der Waals surface area contributed by atoms with Crippen LogP contribution in [0.5, 0.6) is 0 Å². The maximum absolute atomic E-state index is 12.8. The first kappa shape index (κ1) is 21.2. The highest BCUT2D eigenvalue weighted by molar-refractivity contribution is 5.88. The van der Waals surface area contributed by atoms with E-state index in [-0.39, 0.29) is 35.6 Å². The first-order valence-corrected chi connectivity index (χ1v) is 10.1. The maximum atomic E-state index is 12.8. The van der Waals surface area contributed by atoms with Crippen LogP contribution in [0, 0.1) is 23.2 Å². The number of hydrogen-bond acceptors (Lipinski definition) is 4. The topological polar surface area (TPSA) is 102 Å². The van der Waals surface area contributed by atoms with Crippen molar-refractivity contribution in [1.29, 1.82) is 5.26 Å². The van der Waals surface area contributed by atoms with Crippen molar-refractivity contribution in [2.24, 2.45) is 11.8 Å². The molecule has 0 aromatic heterocycles. The van der Waals surface area contributed by atoms with Crippen LogP contribution in [0.1, 0.15) is 65.2 Å². The molecule has 2 saturated heterocycles. The van der Waals surface area contributed by atoms with Crippen molar-refractivity contribution in [3.8, 4) is 6.07 Å². The minimum atomic E-state index is -0.727. The summed E-state index contributed by atoms with van der Waals surface area (Å²) in [6.07, 6.45) is 5.55. The fourth-order valence-corrected chi connectivity index (χ4v) is 4.00. The van der Waals surface area contributed by atoms with Crippen LogP contribution >= 0.6 is 0 Å². The molecular weight excluding hydrogens is 344 g/mol. The highest BCUT2D eigenvalue weighted by atomic mass is 16.2. The zero-order chi connectivity index (χ0) is 20.0. The van der Waals surface area contributed by atoms with E-state index in [0.717, 1.165) is 25.7 Å². The largest absolute Gasteiger partial charge is 0.353 e. The normalized spacial score (nSPS) is 30.9. The van der Waals surface area contributed by atoms with Gasteiger partial charge in [-0.3, -0.25) is 14.4 Å². The van der Waals surface area contributed by atoms with E-state index in [9.17, 15) is 19.6 Å². The van der Waals surface area contributed by atoms with Crippen molar-refractivity contribution < 1.29 is 14.4 Å². The molecule has 2 rings (SSSR count). The van der Waals surface area contributed by atoms with Gasteiger partial charge in [0.25, 0.3) is 0 Å². The molecule has 2 fully saturated rings. The van der Waals surface area contributed by atoms with Crippen LogP contribution in [-0.2, 0) is 14.4 Å². The van der Waals surface area contributed by atoms with Crippen molar-refractivity contribution in [2.75, 3.05) is 7.05 Å². The Morgan fingerprint density at radius 1 is 1.11 bits per heavy atom. The lowest BCUT2D eigenvalue weighted by Gasteiger charge is -2.29. The molecule has 7 heteroatoms. The van der Waals surface area contributed by atoms with Gasteiger partial charge >= 0.3 is 0 Å². The minimum absolute atomic E-state index is 0.0207. The standard InChI is InChI=1S/C20H32N4O3/c1-13(2)9-17-20(27)23-16(12-21)11-14-10-15(22-19(14)26)7-5-4-6-8-18(25)24(17)3/h13-17H,4-11H2,1-3H3,(H,22,26)(H,23,27)/t14-,15+,16-,17-/m0/s1. The number of carbonyl (C=O) groups is 3. The second-order valence-electron chi connectivity index (χ2n) is 8.31. The zero-order valence-electron chi connectivity index (χ0n) is 16.7. The molecule has 0 aliphatic carbocycles. The Bertz CT molecular complexity index is 599. The first-order valence-electron chi connectivity index (χ1n) is 10.1. The van der Waals surface area contributed by atoms with Crippen molar-refractivity contribution in [2.45, 2.75) is 83.3 Å². The quantitative estimate of drug-likeness (QED) is 0.766. The van der Waals surface area contributed by atoms with E-state index in [1.54, 1.807) is 7.05 Å². The van der Waals surface area contributed by atoms with Crippen molar-refractivity contribution in [3.05, 3.63) is 0 Å². The van der Waals surface area contributed by atoms with E-state index in [4.69, 9.17) is 0 Å². The molecule has 2 heterocycles. The molecule has 0 radical (unpaired) electrons. The van der Waals surface area contributed by atoms with E-state index in [0.29, 0.717) is 25.7 Å². The van der Waals surface area contributed by atoms with Gasteiger partial charge in [-0.2, -0.15) is 5.26 Å². The molecule has 2 aliphatic heterocycles.